The van der Waals surface area contributed by atoms with E-state index in [1.807, 2.05) is 37.3 Å². The van der Waals surface area contributed by atoms with Gasteiger partial charge in [0.15, 0.2) is 5.78 Å². The zero-order chi connectivity index (χ0) is 24.5. The van der Waals surface area contributed by atoms with E-state index in [1.165, 1.54) is 12.1 Å². The van der Waals surface area contributed by atoms with Crippen LogP contribution in [0.1, 0.15) is 68.4 Å². The van der Waals surface area contributed by atoms with Crippen LogP contribution in [0.15, 0.2) is 77.1 Å². The molecule has 2 aromatic rings. The van der Waals surface area contributed by atoms with Crippen LogP contribution in [0.25, 0.3) is 0 Å². The first-order valence-corrected chi connectivity index (χ1v) is 12.2. The number of hydrogen-bond donors (Lipinski definition) is 1. The third-order valence-electron chi connectivity index (χ3n) is 7.33. The number of esters is 1. The van der Waals surface area contributed by atoms with Crippen molar-refractivity contribution in [2.24, 2.45) is 0 Å². The Balaban J connectivity index is 1.55. The Labute approximate surface area is 204 Å². The molecule has 0 saturated heterocycles. The first-order chi connectivity index (χ1) is 16.9. The van der Waals surface area contributed by atoms with Crippen molar-refractivity contribution in [1.29, 1.82) is 0 Å². The lowest BCUT2D eigenvalue weighted by Gasteiger charge is -2.37. The summed E-state index contributed by atoms with van der Waals surface area (Å²) in [6, 6.07) is 16.1. The number of nitro groups is 1. The molecular weight excluding hydrogens is 444 g/mol. The summed E-state index contributed by atoms with van der Waals surface area (Å²) in [5.74, 6) is -1.01. The van der Waals surface area contributed by atoms with E-state index in [4.69, 9.17) is 4.74 Å². The Kier molecular flexibility index (Phi) is 6.24. The Hall–Kier alpha value is -3.74. The van der Waals surface area contributed by atoms with Crippen molar-refractivity contribution in [3.05, 3.63) is 98.4 Å². The van der Waals surface area contributed by atoms with Gasteiger partial charge in [-0.2, -0.15) is 0 Å². The van der Waals surface area contributed by atoms with Gasteiger partial charge >= 0.3 is 5.97 Å². The van der Waals surface area contributed by atoms with E-state index in [1.54, 1.807) is 12.1 Å². The van der Waals surface area contributed by atoms with Crippen LogP contribution in [-0.4, -0.2) is 22.8 Å². The predicted octanol–water partition coefficient (Wildman–Crippen LogP) is 5.44. The topological polar surface area (TPSA) is 98.5 Å². The zero-order valence-electron chi connectivity index (χ0n) is 19.7. The van der Waals surface area contributed by atoms with Crippen LogP contribution in [0, 0.1) is 10.1 Å². The van der Waals surface area contributed by atoms with Gasteiger partial charge in [-0.3, -0.25) is 14.9 Å². The number of carbonyl (C=O) groups excluding carboxylic acids is 2. The molecule has 2 aliphatic carbocycles. The van der Waals surface area contributed by atoms with Gasteiger partial charge in [-0.15, -0.1) is 0 Å². The summed E-state index contributed by atoms with van der Waals surface area (Å²) in [5.41, 5.74) is 4.20. The molecule has 5 rings (SSSR count). The van der Waals surface area contributed by atoms with Gasteiger partial charge in [-0.1, -0.05) is 42.5 Å². The van der Waals surface area contributed by atoms with Crippen LogP contribution in [0.3, 0.4) is 0 Å². The summed E-state index contributed by atoms with van der Waals surface area (Å²) < 4.78 is 5.86. The molecule has 0 radical (unpaired) electrons. The van der Waals surface area contributed by atoms with Crippen molar-refractivity contribution < 1.29 is 19.2 Å². The number of Topliss-reactive ketones (excluding diaryl/α,β-unsaturated/α-hetero) is 1. The molecule has 2 atom stereocenters. The van der Waals surface area contributed by atoms with Gasteiger partial charge in [0.2, 0.25) is 0 Å². The van der Waals surface area contributed by atoms with Crippen molar-refractivity contribution >= 4 is 17.4 Å². The highest BCUT2D eigenvalue weighted by Gasteiger charge is 2.42. The van der Waals surface area contributed by atoms with Crippen LogP contribution < -0.4 is 5.32 Å². The number of nitrogens with zero attached hydrogens (tertiary/aromatic N) is 1. The minimum Gasteiger partial charge on any atom is -0.459 e. The van der Waals surface area contributed by atoms with E-state index in [9.17, 15) is 19.7 Å². The number of ether oxygens (including phenoxy) is 1. The third-order valence-corrected chi connectivity index (χ3v) is 7.33. The van der Waals surface area contributed by atoms with Crippen LogP contribution in [0.2, 0.25) is 0 Å². The van der Waals surface area contributed by atoms with Crippen molar-refractivity contribution in [2.75, 3.05) is 0 Å². The quantitative estimate of drug-likeness (QED) is 0.353. The van der Waals surface area contributed by atoms with E-state index in [0.29, 0.717) is 35.2 Å². The monoisotopic (exact) mass is 472 g/mol. The van der Waals surface area contributed by atoms with Crippen LogP contribution in [0.4, 0.5) is 5.69 Å². The highest BCUT2D eigenvalue weighted by Crippen LogP contribution is 2.46. The molecule has 7 nitrogen and oxygen atoms in total. The summed E-state index contributed by atoms with van der Waals surface area (Å²) in [5, 5.41) is 14.6. The Morgan fingerprint density at radius 3 is 2.34 bits per heavy atom. The lowest BCUT2D eigenvalue weighted by molar-refractivity contribution is -0.384. The molecule has 2 unspecified atom stereocenters. The number of dihydropyridines is 1. The summed E-state index contributed by atoms with van der Waals surface area (Å²) in [7, 11) is 0. The molecule has 0 spiro atoms. The van der Waals surface area contributed by atoms with Crippen molar-refractivity contribution in [1.82, 2.24) is 5.32 Å². The van der Waals surface area contributed by atoms with Gasteiger partial charge in [0.25, 0.3) is 5.69 Å². The van der Waals surface area contributed by atoms with Gasteiger partial charge in [-0.05, 0) is 56.1 Å². The number of nitrogens with one attached hydrogen (secondary N) is 1. The Bertz CT molecular complexity index is 1220. The van der Waals surface area contributed by atoms with Gasteiger partial charge in [0.05, 0.1) is 10.5 Å². The minimum absolute atomic E-state index is 0.0189. The predicted molar refractivity (Wildman–Crippen MR) is 130 cm³/mol. The van der Waals surface area contributed by atoms with Crippen molar-refractivity contribution in [3.8, 4) is 0 Å². The molecule has 7 heteroatoms. The molecule has 1 heterocycles. The first-order valence-electron chi connectivity index (χ1n) is 12.2. The maximum Gasteiger partial charge on any atom is 0.337 e. The van der Waals surface area contributed by atoms with Gasteiger partial charge in [-0.25, -0.2) is 4.79 Å². The van der Waals surface area contributed by atoms with Gasteiger partial charge in [0, 0.05) is 41.4 Å². The summed E-state index contributed by atoms with van der Waals surface area (Å²) >= 11 is 0. The van der Waals surface area contributed by atoms with Crippen molar-refractivity contribution in [3.63, 3.8) is 0 Å². The average Bonchev–Trinajstić information content (AvgIpc) is 3.36. The Morgan fingerprint density at radius 1 is 1.00 bits per heavy atom. The van der Waals surface area contributed by atoms with E-state index in [-0.39, 0.29) is 23.5 Å². The molecule has 2 aromatic carbocycles. The summed E-state index contributed by atoms with van der Waals surface area (Å²) in [6.45, 7) is 1.84. The molecule has 0 bridgehead atoms. The highest BCUT2D eigenvalue weighted by atomic mass is 16.6. The van der Waals surface area contributed by atoms with Crippen LogP contribution in [0.5, 0.6) is 0 Å². The largest absolute Gasteiger partial charge is 0.459 e. The second-order valence-corrected chi connectivity index (χ2v) is 9.59. The SMILES string of the molecule is CC1=C(C(=O)OC2CCCC2)C(c2ccc([N+](=O)[O-])cc2)C2=C(CC(c3ccccc3)CC2=O)N1. The number of hydrogen-bond acceptors (Lipinski definition) is 6. The van der Waals surface area contributed by atoms with E-state index in [0.717, 1.165) is 36.9 Å². The zero-order valence-corrected chi connectivity index (χ0v) is 19.7. The molecule has 180 valence electrons. The second-order valence-electron chi connectivity index (χ2n) is 9.59. The van der Waals surface area contributed by atoms with Gasteiger partial charge in [0.1, 0.15) is 6.10 Å². The normalized spacial score (nSPS) is 22.6. The number of benzene rings is 2. The first kappa shape index (κ1) is 23.0. The van der Waals surface area contributed by atoms with Gasteiger partial charge < -0.3 is 10.1 Å². The molecule has 1 aliphatic heterocycles. The highest BCUT2D eigenvalue weighted by molar-refractivity contribution is 6.04. The van der Waals surface area contributed by atoms with Crippen molar-refractivity contribution in [2.45, 2.75) is 63.4 Å². The fourth-order valence-corrected chi connectivity index (χ4v) is 5.61. The third kappa shape index (κ3) is 4.50. The molecule has 3 aliphatic rings. The minimum atomic E-state index is -0.620. The van der Waals surface area contributed by atoms with E-state index in [2.05, 4.69) is 5.32 Å². The molecule has 1 N–H and O–H groups in total. The average molecular weight is 473 g/mol. The molecule has 0 amide bonds. The van der Waals surface area contributed by atoms with Crippen LogP contribution >= 0.6 is 0 Å². The number of nitro benzene ring substituents is 1. The number of allylic oxidation sites excluding steroid dienone is 3. The number of ketones is 1. The number of carbonyl (C=O) groups is 2. The summed E-state index contributed by atoms with van der Waals surface area (Å²) in [4.78, 5) is 37.8. The fraction of sp³-hybridized carbons (Fsp3) is 0.357. The molecular formula is C28H28N2O5. The van der Waals surface area contributed by atoms with E-state index >= 15 is 0 Å². The smallest absolute Gasteiger partial charge is 0.337 e. The fourth-order valence-electron chi connectivity index (χ4n) is 5.61. The molecule has 0 aromatic heterocycles. The molecule has 1 saturated carbocycles. The maximum atomic E-state index is 13.6. The lowest BCUT2D eigenvalue weighted by atomic mass is 9.71. The lowest BCUT2D eigenvalue weighted by Crippen LogP contribution is -2.36. The maximum absolute atomic E-state index is 13.6. The molecule has 1 fully saturated rings. The second kappa shape index (κ2) is 9.49. The van der Waals surface area contributed by atoms with E-state index < -0.39 is 16.8 Å². The summed E-state index contributed by atoms with van der Waals surface area (Å²) in [6.07, 6.45) is 4.65. The number of rotatable bonds is 5. The standard InChI is InChI=1S/C28H28N2O5/c1-17-25(28(32)35-22-9-5-6-10-22)26(19-11-13-21(14-12-19)30(33)34)27-23(29-17)15-20(16-24(27)31)18-7-3-2-4-8-18/h2-4,7-8,11-14,20,22,26,29H,5-6,9-10,15-16H2,1H3. The van der Waals surface area contributed by atoms with Crippen LogP contribution in [-0.2, 0) is 14.3 Å². The Morgan fingerprint density at radius 2 is 1.69 bits per heavy atom. The molecule has 35 heavy (non-hydrogen) atoms. The number of non-ortho nitro benzene ring substituents is 1.